The van der Waals surface area contributed by atoms with Gasteiger partial charge in [-0.15, -0.1) is 0 Å². The van der Waals surface area contributed by atoms with Crippen LogP contribution >= 0.6 is 38.5 Å². The van der Waals surface area contributed by atoms with Crippen LogP contribution in [0.1, 0.15) is 18.9 Å². The third kappa shape index (κ3) is 4.46. The van der Waals surface area contributed by atoms with E-state index in [9.17, 15) is 0 Å². The Morgan fingerprint density at radius 3 is 2.55 bits per heavy atom. The molecule has 0 fully saturated rings. The summed E-state index contributed by atoms with van der Waals surface area (Å²) in [7, 11) is 0. The summed E-state index contributed by atoms with van der Waals surface area (Å²) in [6.45, 7) is 2.10. The van der Waals surface area contributed by atoms with Crippen molar-refractivity contribution in [3.8, 4) is 11.5 Å². The lowest BCUT2D eigenvalue weighted by Crippen LogP contribution is -2.21. The number of hydrogen-bond donors (Lipinski definition) is 1. The van der Waals surface area contributed by atoms with Gasteiger partial charge in [0.25, 0.3) is 0 Å². The molecule has 0 heterocycles. The minimum absolute atomic E-state index is 0.162. The van der Waals surface area contributed by atoms with Crippen LogP contribution in [0.15, 0.2) is 46.9 Å². The summed E-state index contributed by atoms with van der Waals surface area (Å²) in [6, 6.07) is 14.3. The summed E-state index contributed by atoms with van der Waals surface area (Å²) in [4.78, 5) is 0. The summed E-state index contributed by atoms with van der Waals surface area (Å²) < 4.78 is 8.20. The van der Waals surface area contributed by atoms with Crippen LogP contribution in [0.3, 0.4) is 0 Å². The van der Waals surface area contributed by atoms with Crippen molar-refractivity contribution in [2.45, 2.75) is 25.8 Å². The van der Waals surface area contributed by atoms with Gasteiger partial charge >= 0.3 is 0 Å². The SMILES string of the molecule is CCC(N)Cc1ccc(Br)cc1Oc1ccc(I)cc1. The van der Waals surface area contributed by atoms with E-state index in [4.69, 9.17) is 10.5 Å². The quantitative estimate of drug-likeness (QED) is 0.647. The van der Waals surface area contributed by atoms with E-state index in [1.54, 1.807) is 0 Å². The minimum atomic E-state index is 0.162. The molecule has 0 spiro atoms. The molecule has 0 aromatic heterocycles. The van der Waals surface area contributed by atoms with Gasteiger partial charge in [-0.1, -0.05) is 28.9 Å². The second-order valence-electron chi connectivity index (χ2n) is 4.68. The van der Waals surface area contributed by atoms with Gasteiger partial charge in [0, 0.05) is 14.1 Å². The molecule has 0 radical (unpaired) electrons. The highest BCUT2D eigenvalue weighted by Crippen LogP contribution is 2.30. The van der Waals surface area contributed by atoms with E-state index in [0.29, 0.717) is 0 Å². The highest BCUT2D eigenvalue weighted by molar-refractivity contribution is 14.1. The van der Waals surface area contributed by atoms with Gasteiger partial charge in [0.2, 0.25) is 0 Å². The van der Waals surface area contributed by atoms with Gasteiger partial charge in [-0.2, -0.15) is 0 Å². The van der Waals surface area contributed by atoms with Crippen molar-refractivity contribution in [1.82, 2.24) is 0 Å². The van der Waals surface area contributed by atoms with Crippen molar-refractivity contribution >= 4 is 38.5 Å². The van der Waals surface area contributed by atoms with Gasteiger partial charge in [0.05, 0.1) is 0 Å². The van der Waals surface area contributed by atoms with E-state index in [0.717, 1.165) is 34.4 Å². The first-order chi connectivity index (χ1) is 9.58. The Morgan fingerprint density at radius 2 is 1.90 bits per heavy atom. The van der Waals surface area contributed by atoms with Crippen LogP contribution < -0.4 is 10.5 Å². The fraction of sp³-hybridized carbons (Fsp3) is 0.250. The normalized spacial score (nSPS) is 12.2. The highest BCUT2D eigenvalue weighted by Gasteiger charge is 2.09. The van der Waals surface area contributed by atoms with E-state index in [1.807, 2.05) is 36.4 Å². The third-order valence-corrected chi connectivity index (χ3v) is 4.29. The van der Waals surface area contributed by atoms with Gasteiger partial charge in [-0.05, 0) is 77.4 Å². The first-order valence-electron chi connectivity index (χ1n) is 6.56. The van der Waals surface area contributed by atoms with Crippen molar-refractivity contribution in [3.63, 3.8) is 0 Å². The van der Waals surface area contributed by atoms with Crippen molar-refractivity contribution < 1.29 is 4.74 Å². The van der Waals surface area contributed by atoms with Crippen LogP contribution in [0.25, 0.3) is 0 Å². The zero-order valence-corrected chi connectivity index (χ0v) is 15.0. The average Bonchev–Trinajstić information content (AvgIpc) is 2.44. The van der Waals surface area contributed by atoms with E-state index in [1.165, 1.54) is 3.57 Å². The summed E-state index contributed by atoms with van der Waals surface area (Å²) in [5.74, 6) is 1.71. The van der Waals surface area contributed by atoms with Gasteiger partial charge in [0.15, 0.2) is 0 Å². The van der Waals surface area contributed by atoms with Gasteiger partial charge < -0.3 is 10.5 Å². The van der Waals surface area contributed by atoms with Crippen LogP contribution in [0, 0.1) is 3.57 Å². The lowest BCUT2D eigenvalue weighted by molar-refractivity contribution is 0.471. The minimum Gasteiger partial charge on any atom is -0.457 e. The smallest absolute Gasteiger partial charge is 0.131 e. The van der Waals surface area contributed by atoms with Crippen LogP contribution in [-0.4, -0.2) is 6.04 Å². The molecule has 20 heavy (non-hydrogen) atoms. The molecule has 2 rings (SSSR count). The molecule has 0 saturated carbocycles. The van der Waals surface area contributed by atoms with Crippen molar-refractivity contribution in [1.29, 1.82) is 0 Å². The molecule has 1 atom stereocenters. The number of halogens is 2. The number of nitrogens with two attached hydrogens (primary N) is 1. The number of rotatable bonds is 5. The zero-order chi connectivity index (χ0) is 14.5. The number of benzene rings is 2. The molecule has 0 bridgehead atoms. The van der Waals surface area contributed by atoms with E-state index in [2.05, 4.69) is 51.5 Å². The van der Waals surface area contributed by atoms with Crippen molar-refractivity contribution in [2.75, 3.05) is 0 Å². The Bertz CT molecular complexity index is 571. The predicted octanol–water partition coefficient (Wildman–Crippen LogP) is 5.13. The molecule has 0 aliphatic carbocycles. The summed E-state index contributed by atoms with van der Waals surface area (Å²) >= 11 is 5.77. The Kier molecular flexibility index (Phi) is 5.86. The fourth-order valence-corrected chi connectivity index (χ4v) is 2.55. The van der Waals surface area contributed by atoms with Crippen molar-refractivity contribution in [3.05, 3.63) is 56.1 Å². The molecule has 106 valence electrons. The Balaban J connectivity index is 2.24. The maximum absolute atomic E-state index is 6.06. The van der Waals surface area contributed by atoms with E-state index >= 15 is 0 Å². The topological polar surface area (TPSA) is 35.2 Å². The molecule has 2 nitrogen and oxygen atoms in total. The number of hydrogen-bond acceptors (Lipinski definition) is 2. The molecule has 1 unspecified atom stereocenters. The summed E-state index contributed by atoms with van der Waals surface area (Å²) in [5, 5.41) is 0. The Hall–Kier alpha value is -0.590. The molecule has 2 aromatic carbocycles. The molecule has 0 amide bonds. The van der Waals surface area contributed by atoms with Crippen LogP contribution in [-0.2, 0) is 6.42 Å². The van der Waals surface area contributed by atoms with Crippen LogP contribution in [0.5, 0.6) is 11.5 Å². The van der Waals surface area contributed by atoms with Crippen LogP contribution in [0.4, 0.5) is 0 Å². The zero-order valence-electron chi connectivity index (χ0n) is 11.3. The molecule has 2 N–H and O–H groups in total. The molecule has 0 aliphatic heterocycles. The summed E-state index contributed by atoms with van der Waals surface area (Å²) in [6.07, 6.45) is 1.78. The monoisotopic (exact) mass is 445 g/mol. The van der Waals surface area contributed by atoms with Gasteiger partial charge in [0.1, 0.15) is 11.5 Å². The second-order valence-corrected chi connectivity index (χ2v) is 6.84. The van der Waals surface area contributed by atoms with Crippen LogP contribution in [0.2, 0.25) is 0 Å². The summed E-state index contributed by atoms with van der Waals surface area (Å²) in [5.41, 5.74) is 7.20. The lowest BCUT2D eigenvalue weighted by atomic mass is 10.0. The molecular formula is C16H17BrINO. The maximum Gasteiger partial charge on any atom is 0.131 e. The maximum atomic E-state index is 6.06. The predicted molar refractivity (Wildman–Crippen MR) is 95.3 cm³/mol. The van der Waals surface area contributed by atoms with Gasteiger partial charge in [-0.25, -0.2) is 0 Å². The molecular weight excluding hydrogens is 429 g/mol. The Labute approximate surface area is 142 Å². The number of ether oxygens (including phenoxy) is 1. The average molecular weight is 446 g/mol. The highest BCUT2D eigenvalue weighted by atomic mass is 127. The van der Waals surface area contributed by atoms with E-state index < -0.39 is 0 Å². The first-order valence-corrected chi connectivity index (χ1v) is 8.43. The van der Waals surface area contributed by atoms with Gasteiger partial charge in [-0.3, -0.25) is 0 Å². The molecule has 2 aromatic rings. The van der Waals surface area contributed by atoms with E-state index in [-0.39, 0.29) is 6.04 Å². The fourth-order valence-electron chi connectivity index (χ4n) is 1.85. The van der Waals surface area contributed by atoms with Crippen molar-refractivity contribution in [2.24, 2.45) is 5.73 Å². The standard InChI is InChI=1S/C16H17BrINO/c1-2-14(19)9-11-3-4-12(17)10-16(11)20-15-7-5-13(18)6-8-15/h3-8,10,14H,2,9,19H2,1H3. The second kappa shape index (κ2) is 7.43. The lowest BCUT2D eigenvalue weighted by Gasteiger charge is -2.14. The largest absolute Gasteiger partial charge is 0.457 e. The third-order valence-electron chi connectivity index (χ3n) is 3.08. The Morgan fingerprint density at radius 1 is 1.20 bits per heavy atom. The molecule has 4 heteroatoms. The first kappa shape index (κ1) is 15.8. The molecule has 0 saturated heterocycles. The molecule has 0 aliphatic rings.